The third-order valence-electron chi connectivity index (χ3n) is 5.46. The van der Waals surface area contributed by atoms with Gasteiger partial charge in [-0.25, -0.2) is 0 Å². The standard InChI is InChI=1S/C11H12N2O2.C9H11NO3.C4H9NO3.C3H7NO3/c12-9(11(14)15)5-7-6-13-10-4-2-1-3-8(7)10;10-8(9(12)13)5-6-1-3-7(11)4-2-6;1-2(6)3(5)4(7)8;4-2(1-5)3(6)7/h1-4,6,9,13H,5,12H2,(H,14,15);1-4,8,11H,5,10H2,(H,12,13);2-3,6H,5H2,1H3,(H,7,8);2,5H,1,4H2,(H,6,7). The first kappa shape index (κ1) is 38.4. The number of hydrogen-bond acceptors (Lipinski definition) is 11. The van der Waals surface area contributed by atoms with Gasteiger partial charge in [-0.1, -0.05) is 30.3 Å². The second-order valence-electron chi connectivity index (χ2n) is 9.06. The van der Waals surface area contributed by atoms with E-state index in [0.29, 0.717) is 6.42 Å². The number of aromatic amines is 1. The summed E-state index contributed by atoms with van der Waals surface area (Å²) < 4.78 is 0. The van der Waals surface area contributed by atoms with E-state index in [0.717, 1.165) is 22.0 Å². The number of phenolic OH excluding ortho intramolecular Hbond substituents is 1. The summed E-state index contributed by atoms with van der Waals surface area (Å²) in [5, 5.41) is 59.7. The molecule has 5 unspecified atom stereocenters. The van der Waals surface area contributed by atoms with Crippen molar-refractivity contribution >= 4 is 34.8 Å². The minimum atomic E-state index is -1.18. The van der Waals surface area contributed by atoms with Crippen LogP contribution in [0.3, 0.4) is 0 Å². The molecule has 0 radical (unpaired) electrons. The van der Waals surface area contributed by atoms with Crippen LogP contribution in [0.2, 0.25) is 0 Å². The van der Waals surface area contributed by atoms with E-state index in [9.17, 15) is 19.2 Å². The van der Waals surface area contributed by atoms with Crippen molar-refractivity contribution in [3.05, 3.63) is 65.9 Å². The zero-order valence-corrected chi connectivity index (χ0v) is 23.3. The normalized spacial score (nSPS) is 13.7. The lowest BCUT2D eigenvalue weighted by Crippen LogP contribution is -2.39. The van der Waals surface area contributed by atoms with Gasteiger partial charge in [0.2, 0.25) is 0 Å². The molecule has 3 aromatic rings. The van der Waals surface area contributed by atoms with Gasteiger partial charge in [-0.15, -0.1) is 0 Å². The molecule has 2 aromatic carbocycles. The van der Waals surface area contributed by atoms with Crippen molar-refractivity contribution in [2.75, 3.05) is 6.61 Å². The van der Waals surface area contributed by atoms with Crippen LogP contribution in [0, 0.1) is 0 Å². The molecule has 238 valence electrons. The van der Waals surface area contributed by atoms with Gasteiger partial charge in [0.25, 0.3) is 0 Å². The van der Waals surface area contributed by atoms with Crippen LogP contribution in [0.15, 0.2) is 54.7 Å². The number of carboxylic acids is 4. The zero-order chi connectivity index (χ0) is 33.3. The Balaban J connectivity index is 0.000000576. The van der Waals surface area contributed by atoms with Crippen molar-refractivity contribution in [3.63, 3.8) is 0 Å². The van der Waals surface area contributed by atoms with Gasteiger partial charge < -0.3 is 63.7 Å². The molecule has 0 aliphatic carbocycles. The van der Waals surface area contributed by atoms with Crippen LogP contribution >= 0.6 is 0 Å². The van der Waals surface area contributed by atoms with Crippen LogP contribution in [0.5, 0.6) is 5.75 Å². The highest BCUT2D eigenvalue weighted by atomic mass is 16.4. The van der Waals surface area contributed by atoms with Gasteiger partial charge in [0, 0.05) is 23.5 Å². The van der Waals surface area contributed by atoms with Crippen LogP contribution in [-0.4, -0.2) is 101 Å². The van der Waals surface area contributed by atoms with E-state index in [4.69, 9.17) is 58.7 Å². The smallest absolute Gasteiger partial charge is 0.323 e. The van der Waals surface area contributed by atoms with Crippen molar-refractivity contribution in [1.29, 1.82) is 0 Å². The average molecular weight is 610 g/mol. The van der Waals surface area contributed by atoms with Crippen molar-refractivity contribution in [2.45, 2.75) is 50.0 Å². The molecule has 0 spiro atoms. The van der Waals surface area contributed by atoms with Gasteiger partial charge in [0.05, 0.1) is 12.7 Å². The van der Waals surface area contributed by atoms with E-state index >= 15 is 0 Å². The highest BCUT2D eigenvalue weighted by Crippen LogP contribution is 2.18. The highest BCUT2D eigenvalue weighted by Gasteiger charge is 2.16. The molecule has 0 aliphatic heterocycles. The number of benzene rings is 2. The minimum Gasteiger partial charge on any atom is -0.508 e. The Bertz CT molecular complexity index is 1300. The van der Waals surface area contributed by atoms with Gasteiger partial charge in [0.15, 0.2) is 0 Å². The molecule has 3 rings (SSSR count). The molecule has 0 saturated heterocycles. The Morgan fingerprint density at radius 3 is 1.63 bits per heavy atom. The Morgan fingerprint density at radius 2 is 1.23 bits per heavy atom. The molecule has 0 fully saturated rings. The molecule has 43 heavy (non-hydrogen) atoms. The van der Waals surface area contributed by atoms with E-state index in [-0.39, 0.29) is 12.2 Å². The molecular formula is C27H39N5O11. The molecule has 0 aliphatic rings. The number of aromatic hydroxyl groups is 1. The predicted molar refractivity (Wildman–Crippen MR) is 155 cm³/mol. The van der Waals surface area contributed by atoms with E-state index in [1.54, 1.807) is 12.1 Å². The van der Waals surface area contributed by atoms with Crippen LogP contribution in [0.4, 0.5) is 0 Å². The number of aliphatic carboxylic acids is 4. The van der Waals surface area contributed by atoms with Crippen molar-refractivity contribution in [3.8, 4) is 5.75 Å². The van der Waals surface area contributed by atoms with Gasteiger partial charge in [-0.05, 0) is 42.7 Å². The largest absolute Gasteiger partial charge is 0.508 e. The fourth-order valence-electron chi connectivity index (χ4n) is 2.88. The summed E-state index contributed by atoms with van der Waals surface area (Å²) in [7, 11) is 0. The molecule has 16 nitrogen and oxygen atoms in total. The Morgan fingerprint density at radius 1 is 0.744 bits per heavy atom. The SMILES string of the molecule is CC(O)C(N)C(=O)O.NC(CO)C(=O)O.NC(Cc1c[nH]c2ccccc12)C(=O)O.NC(Cc1ccc(O)cc1)C(=O)O. The molecule has 1 heterocycles. The van der Waals surface area contributed by atoms with E-state index in [2.05, 4.69) is 4.98 Å². The number of para-hydroxylation sites is 1. The van der Waals surface area contributed by atoms with E-state index in [1.165, 1.54) is 19.1 Å². The number of aromatic nitrogens is 1. The number of hydrogen-bond donors (Lipinski definition) is 12. The quantitative estimate of drug-likeness (QED) is 0.126. The van der Waals surface area contributed by atoms with Crippen LogP contribution < -0.4 is 22.9 Å². The first-order valence-corrected chi connectivity index (χ1v) is 12.6. The lowest BCUT2D eigenvalue weighted by atomic mass is 10.1. The number of aliphatic hydroxyl groups is 2. The summed E-state index contributed by atoms with van der Waals surface area (Å²) in [6.07, 6.45) is 1.45. The summed E-state index contributed by atoms with van der Waals surface area (Å²) in [6.45, 7) is 0.827. The van der Waals surface area contributed by atoms with Gasteiger partial charge in [-0.2, -0.15) is 0 Å². The summed E-state index contributed by atoms with van der Waals surface area (Å²) in [4.78, 5) is 43.6. The predicted octanol–water partition coefficient (Wildman–Crippen LogP) is -1.36. The Labute approximate surface area is 246 Å². The monoisotopic (exact) mass is 609 g/mol. The van der Waals surface area contributed by atoms with Crippen LogP contribution in [0.25, 0.3) is 10.9 Å². The maximum Gasteiger partial charge on any atom is 0.323 e. The number of carbonyl (C=O) groups is 4. The van der Waals surface area contributed by atoms with Gasteiger partial charge in [-0.3, -0.25) is 19.2 Å². The number of carboxylic acid groups (broad SMARTS) is 4. The topological polar surface area (TPSA) is 330 Å². The second kappa shape index (κ2) is 19.5. The molecule has 0 amide bonds. The van der Waals surface area contributed by atoms with Crippen LogP contribution in [0.1, 0.15) is 18.1 Å². The molecule has 1 aromatic heterocycles. The first-order chi connectivity index (χ1) is 20.0. The third kappa shape index (κ3) is 15.3. The number of fused-ring (bicyclic) bond motifs is 1. The number of phenols is 1. The maximum atomic E-state index is 10.6. The fourth-order valence-corrected chi connectivity index (χ4v) is 2.88. The average Bonchev–Trinajstić information content (AvgIpc) is 3.36. The maximum absolute atomic E-state index is 10.6. The van der Waals surface area contributed by atoms with Gasteiger partial charge >= 0.3 is 23.9 Å². The molecular weight excluding hydrogens is 570 g/mol. The van der Waals surface area contributed by atoms with Crippen LogP contribution in [-0.2, 0) is 32.0 Å². The number of rotatable bonds is 10. The lowest BCUT2D eigenvalue weighted by Gasteiger charge is -2.06. The molecule has 5 atom stereocenters. The number of nitrogens with one attached hydrogen (secondary N) is 1. The lowest BCUT2D eigenvalue weighted by molar-refractivity contribution is -0.141. The summed E-state index contributed by atoms with van der Waals surface area (Å²) in [6, 6.07) is 10.1. The molecule has 0 saturated carbocycles. The number of aliphatic hydroxyl groups excluding tert-OH is 2. The summed E-state index contributed by atoms with van der Waals surface area (Å²) in [5.41, 5.74) is 23.2. The summed E-state index contributed by atoms with van der Waals surface area (Å²) >= 11 is 0. The van der Waals surface area contributed by atoms with E-state index in [1.807, 2.05) is 30.5 Å². The molecule has 16 N–H and O–H groups in total. The number of nitrogens with two attached hydrogens (primary N) is 4. The first-order valence-electron chi connectivity index (χ1n) is 12.6. The molecule has 16 heteroatoms. The zero-order valence-electron chi connectivity index (χ0n) is 23.3. The van der Waals surface area contributed by atoms with Crippen molar-refractivity contribution < 1.29 is 54.9 Å². The third-order valence-corrected chi connectivity index (χ3v) is 5.46. The van der Waals surface area contributed by atoms with Gasteiger partial charge in [0.1, 0.15) is 29.9 Å². The molecule has 0 bridgehead atoms. The second-order valence-corrected chi connectivity index (χ2v) is 9.06. The summed E-state index contributed by atoms with van der Waals surface area (Å²) in [5.74, 6) is -4.19. The van der Waals surface area contributed by atoms with Crippen molar-refractivity contribution in [2.24, 2.45) is 22.9 Å². The highest BCUT2D eigenvalue weighted by molar-refractivity contribution is 5.84. The Hall–Kier alpha value is -4.58. The van der Waals surface area contributed by atoms with E-state index < -0.39 is 60.8 Å². The van der Waals surface area contributed by atoms with Crippen molar-refractivity contribution in [1.82, 2.24) is 4.98 Å². The number of H-pyrrole nitrogens is 1. The minimum absolute atomic E-state index is 0.160. The fraction of sp³-hybridized carbons (Fsp3) is 0.333. The Kier molecular flexibility index (Phi) is 17.4.